The second-order valence-electron chi connectivity index (χ2n) is 4.60. The van der Waals surface area contributed by atoms with Crippen molar-refractivity contribution in [1.29, 1.82) is 0 Å². The zero-order valence-corrected chi connectivity index (χ0v) is 12.7. The molecule has 2 rings (SSSR count). The molecule has 1 fully saturated rings. The Bertz CT molecular complexity index is 451. The molecule has 1 saturated heterocycles. The van der Waals surface area contributed by atoms with Gasteiger partial charge in [0.15, 0.2) is 0 Å². The van der Waals surface area contributed by atoms with Crippen molar-refractivity contribution in [2.45, 2.75) is 19.4 Å². The largest absolute Gasteiger partial charge is 0.326 e. The first-order chi connectivity index (χ1) is 7.99. The van der Waals surface area contributed by atoms with Gasteiger partial charge in [0.2, 0.25) is 10.0 Å². The predicted molar refractivity (Wildman–Crippen MR) is 77.8 cm³/mol. The van der Waals surface area contributed by atoms with Crippen molar-refractivity contribution in [3.63, 3.8) is 0 Å². The average molecular weight is 311 g/mol. The van der Waals surface area contributed by atoms with E-state index < -0.39 is 10.0 Å². The molecule has 4 nitrogen and oxygen atoms in total. The van der Waals surface area contributed by atoms with Crippen LogP contribution in [0.3, 0.4) is 0 Å². The molecule has 2 N–H and O–H groups in total. The van der Waals surface area contributed by atoms with Gasteiger partial charge in [0, 0.05) is 24.0 Å². The van der Waals surface area contributed by atoms with Gasteiger partial charge < -0.3 is 5.73 Å². The summed E-state index contributed by atoms with van der Waals surface area (Å²) in [4.78, 5) is 1.12. The fraction of sp³-hybridized carbons (Fsp3) is 0.636. The lowest BCUT2D eigenvalue weighted by molar-refractivity contribution is 0.464. The Labute approximate surface area is 119 Å². The molecule has 1 aliphatic heterocycles. The summed E-state index contributed by atoms with van der Waals surface area (Å²) in [5.41, 5.74) is 5.85. The molecule has 104 valence electrons. The van der Waals surface area contributed by atoms with Crippen molar-refractivity contribution in [3.8, 4) is 0 Å². The Morgan fingerprint density at radius 3 is 2.72 bits per heavy atom. The molecule has 7 heteroatoms. The molecular weight excluding hydrogens is 292 g/mol. The van der Waals surface area contributed by atoms with Crippen LogP contribution in [0.2, 0.25) is 0 Å². The summed E-state index contributed by atoms with van der Waals surface area (Å²) in [6, 6.07) is 3.89. The zero-order chi connectivity index (χ0) is 12.5. The molecular formula is C11H19ClN2O2S2. The van der Waals surface area contributed by atoms with Crippen molar-refractivity contribution >= 4 is 33.8 Å². The fourth-order valence-electron chi connectivity index (χ4n) is 1.99. The summed E-state index contributed by atoms with van der Waals surface area (Å²) in [5, 5.41) is 1.97. The lowest BCUT2D eigenvalue weighted by Crippen LogP contribution is -2.34. The van der Waals surface area contributed by atoms with Gasteiger partial charge in [0.05, 0.1) is 5.75 Å². The summed E-state index contributed by atoms with van der Waals surface area (Å²) < 4.78 is 25.7. The first-order valence-corrected chi connectivity index (χ1v) is 8.24. The monoisotopic (exact) mass is 310 g/mol. The van der Waals surface area contributed by atoms with Crippen LogP contribution in [0.15, 0.2) is 17.5 Å². The fourth-order valence-corrected chi connectivity index (χ4v) is 4.42. The molecule has 1 aromatic heterocycles. The zero-order valence-electron chi connectivity index (χ0n) is 10.3. The molecule has 0 bridgehead atoms. The minimum absolute atomic E-state index is 0. The predicted octanol–water partition coefficient (Wildman–Crippen LogP) is 1.32. The van der Waals surface area contributed by atoms with E-state index in [2.05, 4.69) is 0 Å². The van der Waals surface area contributed by atoms with E-state index in [1.165, 1.54) is 4.31 Å². The Balaban J connectivity index is 0.00000162. The van der Waals surface area contributed by atoms with Gasteiger partial charge in [-0.25, -0.2) is 12.7 Å². The number of nitrogens with zero attached hydrogens (tertiary/aromatic N) is 1. The highest BCUT2D eigenvalue weighted by Gasteiger charge is 2.33. The third-order valence-electron chi connectivity index (χ3n) is 3.22. The summed E-state index contributed by atoms with van der Waals surface area (Å²) in [7, 11) is -3.14. The molecule has 0 radical (unpaired) electrons. The molecule has 2 heterocycles. The minimum Gasteiger partial charge on any atom is -0.326 e. The third-order valence-corrected chi connectivity index (χ3v) is 5.96. The normalized spacial score (nSPS) is 25.0. The van der Waals surface area contributed by atoms with Gasteiger partial charge in [-0.2, -0.15) is 0 Å². The second kappa shape index (κ2) is 6.34. The highest BCUT2D eigenvalue weighted by Crippen LogP contribution is 2.19. The Morgan fingerprint density at radius 2 is 2.22 bits per heavy atom. The first-order valence-electron chi connectivity index (χ1n) is 5.75. The maximum absolute atomic E-state index is 12.1. The van der Waals surface area contributed by atoms with Crippen LogP contribution < -0.4 is 5.73 Å². The molecule has 0 aromatic carbocycles. The van der Waals surface area contributed by atoms with Crippen LogP contribution in [0.1, 0.15) is 11.8 Å². The topological polar surface area (TPSA) is 63.4 Å². The van der Waals surface area contributed by atoms with E-state index in [0.29, 0.717) is 19.5 Å². The second-order valence-corrected chi connectivity index (χ2v) is 7.72. The number of hydrogen-bond acceptors (Lipinski definition) is 4. The number of halogens is 1. The standard InChI is InChI=1S/C11H18N2O2S2.ClH/c1-9-7-13(8-11(9)12)17(14,15)6-4-10-3-2-5-16-10;/h2-3,5,9,11H,4,6-8,12H2,1H3;1H. The van der Waals surface area contributed by atoms with Crippen LogP contribution in [0.25, 0.3) is 0 Å². The maximum Gasteiger partial charge on any atom is 0.214 e. The van der Waals surface area contributed by atoms with Crippen molar-refractivity contribution < 1.29 is 8.42 Å². The SMILES string of the molecule is CC1CN(S(=O)(=O)CCc2cccs2)CC1N.Cl. The van der Waals surface area contributed by atoms with Gasteiger partial charge in [-0.3, -0.25) is 0 Å². The van der Waals surface area contributed by atoms with E-state index in [4.69, 9.17) is 5.73 Å². The van der Waals surface area contributed by atoms with Crippen LogP contribution in [0.5, 0.6) is 0 Å². The van der Waals surface area contributed by atoms with Gasteiger partial charge in [0.1, 0.15) is 0 Å². The van der Waals surface area contributed by atoms with Crippen LogP contribution in [-0.4, -0.2) is 37.6 Å². The molecule has 18 heavy (non-hydrogen) atoms. The van der Waals surface area contributed by atoms with Gasteiger partial charge in [-0.15, -0.1) is 23.7 Å². The van der Waals surface area contributed by atoms with E-state index in [1.807, 2.05) is 24.4 Å². The van der Waals surface area contributed by atoms with Crippen molar-refractivity contribution in [3.05, 3.63) is 22.4 Å². The van der Waals surface area contributed by atoms with Crippen LogP contribution in [0.4, 0.5) is 0 Å². The van der Waals surface area contributed by atoms with Crippen molar-refractivity contribution in [2.24, 2.45) is 11.7 Å². The average Bonchev–Trinajstić information content (AvgIpc) is 2.87. The lowest BCUT2D eigenvalue weighted by atomic mass is 10.1. The van der Waals surface area contributed by atoms with Gasteiger partial charge in [-0.1, -0.05) is 13.0 Å². The smallest absolute Gasteiger partial charge is 0.214 e. The Kier molecular flexibility index (Phi) is 5.61. The Morgan fingerprint density at radius 1 is 1.50 bits per heavy atom. The van der Waals surface area contributed by atoms with Crippen LogP contribution in [0, 0.1) is 5.92 Å². The van der Waals surface area contributed by atoms with E-state index in [1.54, 1.807) is 11.3 Å². The molecule has 2 unspecified atom stereocenters. The highest BCUT2D eigenvalue weighted by molar-refractivity contribution is 7.89. The summed E-state index contributed by atoms with van der Waals surface area (Å²) in [6.07, 6.45) is 0.597. The Hall–Kier alpha value is -0.140. The minimum atomic E-state index is -3.14. The summed E-state index contributed by atoms with van der Waals surface area (Å²) >= 11 is 1.60. The summed E-state index contributed by atoms with van der Waals surface area (Å²) in [5.74, 6) is 0.443. The van der Waals surface area contributed by atoms with E-state index in [-0.39, 0.29) is 30.1 Å². The van der Waals surface area contributed by atoms with Crippen LogP contribution >= 0.6 is 23.7 Å². The summed E-state index contributed by atoms with van der Waals surface area (Å²) in [6.45, 7) is 3.03. The number of thiophene rings is 1. The number of sulfonamides is 1. The van der Waals surface area contributed by atoms with E-state index in [9.17, 15) is 8.42 Å². The van der Waals surface area contributed by atoms with Crippen molar-refractivity contribution in [2.75, 3.05) is 18.8 Å². The van der Waals surface area contributed by atoms with Gasteiger partial charge in [-0.05, 0) is 23.8 Å². The van der Waals surface area contributed by atoms with Crippen LogP contribution in [-0.2, 0) is 16.4 Å². The molecule has 1 aliphatic rings. The van der Waals surface area contributed by atoms with Gasteiger partial charge in [0.25, 0.3) is 0 Å². The van der Waals surface area contributed by atoms with Crippen molar-refractivity contribution in [1.82, 2.24) is 4.31 Å². The molecule has 0 spiro atoms. The lowest BCUT2D eigenvalue weighted by Gasteiger charge is -2.15. The molecule has 1 aromatic rings. The highest BCUT2D eigenvalue weighted by atomic mass is 35.5. The first kappa shape index (κ1) is 15.9. The van der Waals surface area contributed by atoms with Gasteiger partial charge >= 0.3 is 0 Å². The number of hydrogen-bond donors (Lipinski definition) is 1. The molecule has 0 amide bonds. The third kappa shape index (κ3) is 3.68. The number of aryl methyl sites for hydroxylation is 1. The number of nitrogens with two attached hydrogens (primary N) is 1. The molecule has 0 aliphatic carbocycles. The maximum atomic E-state index is 12.1. The van der Waals surface area contributed by atoms with E-state index in [0.717, 1.165) is 4.88 Å². The van der Waals surface area contributed by atoms with E-state index >= 15 is 0 Å². The molecule has 2 atom stereocenters. The quantitative estimate of drug-likeness (QED) is 0.912. The molecule has 0 saturated carbocycles. The number of rotatable bonds is 4.